The molecule has 1 atom stereocenters. The minimum Gasteiger partial charge on any atom is -0.496 e. The maximum atomic E-state index is 5.77. The summed E-state index contributed by atoms with van der Waals surface area (Å²) in [6, 6.07) is 5.61. The molecule has 0 aromatic heterocycles. The standard InChI is InChI=1S/C9H13BrN2O/c1-13-9-4-6(8(12)5-11)2-3-7(9)10/h2-4,8H,5,11-12H2,1H3/t8-/m1/s1. The van der Waals surface area contributed by atoms with Gasteiger partial charge >= 0.3 is 0 Å². The van der Waals surface area contributed by atoms with Gasteiger partial charge in [-0.3, -0.25) is 0 Å². The van der Waals surface area contributed by atoms with E-state index in [1.807, 2.05) is 18.2 Å². The van der Waals surface area contributed by atoms with E-state index in [4.69, 9.17) is 16.2 Å². The Labute approximate surface area is 86.2 Å². The topological polar surface area (TPSA) is 61.3 Å². The fourth-order valence-corrected chi connectivity index (χ4v) is 1.45. The predicted octanol–water partition coefficient (Wildman–Crippen LogP) is 1.42. The summed E-state index contributed by atoms with van der Waals surface area (Å²) < 4.78 is 6.06. The molecule has 0 aliphatic heterocycles. The molecule has 0 saturated carbocycles. The zero-order chi connectivity index (χ0) is 9.84. The molecule has 0 aliphatic rings. The van der Waals surface area contributed by atoms with Crippen LogP contribution in [-0.2, 0) is 0 Å². The van der Waals surface area contributed by atoms with Crippen molar-refractivity contribution in [2.24, 2.45) is 11.5 Å². The molecule has 0 bridgehead atoms. The van der Waals surface area contributed by atoms with Gasteiger partial charge < -0.3 is 16.2 Å². The zero-order valence-electron chi connectivity index (χ0n) is 7.46. The first-order valence-corrected chi connectivity index (χ1v) is 4.77. The molecule has 0 saturated heterocycles. The first-order valence-electron chi connectivity index (χ1n) is 3.98. The molecule has 0 heterocycles. The molecule has 13 heavy (non-hydrogen) atoms. The minimum atomic E-state index is -0.123. The van der Waals surface area contributed by atoms with Gasteiger partial charge in [0.15, 0.2) is 0 Å². The second-order valence-electron chi connectivity index (χ2n) is 2.74. The van der Waals surface area contributed by atoms with E-state index < -0.39 is 0 Å². The van der Waals surface area contributed by atoms with E-state index >= 15 is 0 Å². The highest BCUT2D eigenvalue weighted by Gasteiger charge is 2.06. The van der Waals surface area contributed by atoms with Crippen LogP contribution in [0.3, 0.4) is 0 Å². The lowest BCUT2D eigenvalue weighted by Gasteiger charge is -2.11. The van der Waals surface area contributed by atoms with Gasteiger partial charge in [0.25, 0.3) is 0 Å². The van der Waals surface area contributed by atoms with Crippen LogP contribution in [0.25, 0.3) is 0 Å². The summed E-state index contributed by atoms with van der Waals surface area (Å²) in [4.78, 5) is 0. The lowest BCUT2D eigenvalue weighted by atomic mass is 10.1. The smallest absolute Gasteiger partial charge is 0.133 e. The SMILES string of the molecule is COc1cc([C@H](N)CN)ccc1Br. The zero-order valence-corrected chi connectivity index (χ0v) is 9.04. The average molecular weight is 245 g/mol. The molecule has 1 rings (SSSR count). The molecule has 4 N–H and O–H groups in total. The molecule has 1 aromatic rings. The summed E-state index contributed by atoms with van der Waals surface area (Å²) in [6.45, 7) is 0.435. The Kier molecular flexibility index (Phi) is 3.71. The molecule has 1 aromatic carbocycles. The van der Waals surface area contributed by atoms with Crippen LogP contribution in [-0.4, -0.2) is 13.7 Å². The predicted molar refractivity (Wildman–Crippen MR) is 56.7 cm³/mol. The third kappa shape index (κ3) is 2.43. The van der Waals surface area contributed by atoms with Crippen molar-refractivity contribution in [3.8, 4) is 5.75 Å². The van der Waals surface area contributed by atoms with Crippen molar-refractivity contribution < 1.29 is 4.74 Å². The fraction of sp³-hybridized carbons (Fsp3) is 0.333. The second-order valence-corrected chi connectivity index (χ2v) is 3.59. The average Bonchev–Trinajstić information content (AvgIpc) is 2.17. The molecule has 3 nitrogen and oxygen atoms in total. The van der Waals surface area contributed by atoms with Crippen LogP contribution < -0.4 is 16.2 Å². The number of benzene rings is 1. The van der Waals surface area contributed by atoms with Gasteiger partial charge in [0.2, 0.25) is 0 Å². The summed E-state index contributed by atoms with van der Waals surface area (Å²) >= 11 is 3.36. The van der Waals surface area contributed by atoms with Crippen molar-refractivity contribution in [1.29, 1.82) is 0 Å². The molecule has 0 fully saturated rings. The Bertz CT molecular complexity index is 291. The molecule has 0 spiro atoms. The first kappa shape index (κ1) is 10.5. The van der Waals surface area contributed by atoms with Gasteiger partial charge in [-0.15, -0.1) is 0 Å². The van der Waals surface area contributed by atoms with Gasteiger partial charge in [0.05, 0.1) is 11.6 Å². The molecule has 0 aliphatic carbocycles. The molecular weight excluding hydrogens is 232 g/mol. The van der Waals surface area contributed by atoms with Crippen molar-refractivity contribution in [3.63, 3.8) is 0 Å². The highest BCUT2D eigenvalue weighted by molar-refractivity contribution is 9.10. The summed E-state index contributed by atoms with van der Waals surface area (Å²) in [7, 11) is 1.62. The maximum Gasteiger partial charge on any atom is 0.133 e. The summed E-state index contributed by atoms with van der Waals surface area (Å²) in [6.07, 6.45) is 0. The first-order chi connectivity index (χ1) is 6.19. The highest BCUT2D eigenvalue weighted by Crippen LogP contribution is 2.27. The van der Waals surface area contributed by atoms with Crippen LogP contribution in [0, 0.1) is 0 Å². The van der Waals surface area contributed by atoms with Crippen molar-refractivity contribution in [2.45, 2.75) is 6.04 Å². The van der Waals surface area contributed by atoms with Gasteiger partial charge in [-0.05, 0) is 33.6 Å². The van der Waals surface area contributed by atoms with E-state index in [-0.39, 0.29) is 6.04 Å². The molecule has 0 amide bonds. The summed E-state index contributed by atoms with van der Waals surface area (Å²) in [5, 5.41) is 0. The van der Waals surface area contributed by atoms with Crippen LogP contribution in [0.15, 0.2) is 22.7 Å². The maximum absolute atomic E-state index is 5.77. The van der Waals surface area contributed by atoms with Crippen LogP contribution in [0.1, 0.15) is 11.6 Å². The summed E-state index contributed by atoms with van der Waals surface area (Å²) in [5.74, 6) is 0.779. The monoisotopic (exact) mass is 244 g/mol. The Morgan fingerprint density at radius 3 is 2.77 bits per heavy atom. The summed E-state index contributed by atoms with van der Waals surface area (Å²) in [5.41, 5.74) is 12.2. The number of methoxy groups -OCH3 is 1. The van der Waals surface area contributed by atoms with E-state index in [1.54, 1.807) is 7.11 Å². The van der Waals surface area contributed by atoms with Crippen LogP contribution in [0.5, 0.6) is 5.75 Å². The highest BCUT2D eigenvalue weighted by atomic mass is 79.9. The number of halogens is 1. The van der Waals surface area contributed by atoms with Gasteiger partial charge in [0, 0.05) is 12.6 Å². The van der Waals surface area contributed by atoms with Crippen LogP contribution in [0.2, 0.25) is 0 Å². The molecule has 4 heteroatoms. The minimum absolute atomic E-state index is 0.123. The van der Waals surface area contributed by atoms with E-state index in [0.717, 1.165) is 15.8 Å². The second kappa shape index (κ2) is 4.60. The van der Waals surface area contributed by atoms with Crippen LogP contribution >= 0.6 is 15.9 Å². The number of rotatable bonds is 3. The van der Waals surface area contributed by atoms with E-state index in [9.17, 15) is 0 Å². The lowest BCUT2D eigenvalue weighted by Crippen LogP contribution is -2.20. The van der Waals surface area contributed by atoms with Gasteiger partial charge in [-0.2, -0.15) is 0 Å². The number of nitrogens with two attached hydrogens (primary N) is 2. The quantitative estimate of drug-likeness (QED) is 0.846. The molecule has 0 radical (unpaired) electrons. The van der Waals surface area contributed by atoms with E-state index in [2.05, 4.69) is 15.9 Å². The molecular formula is C9H13BrN2O. The molecule has 72 valence electrons. The van der Waals surface area contributed by atoms with Crippen molar-refractivity contribution in [1.82, 2.24) is 0 Å². The van der Waals surface area contributed by atoms with Gasteiger partial charge in [-0.25, -0.2) is 0 Å². The largest absolute Gasteiger partial charge is 0.496 e. The van der Waals surface area contributed by atoms with E-state index in [1.165, 1.54) is 0 Å². The number of hydrogen-bond donors (Lipinski definition) is 2. The lowest BCUT2D eigenvalue weighted by molar-refractivity contribution is 0.411. The van der Waals surface area contributed by atoms with Crippen molar-refractivity contribution >= 4 is 15.9 Å². The Hall–Kier alpha value is -0.580. The fourth-order valence-electron chi connectivity index (χ4n) is 1.04. The molecule has 0 unspecified atom stereocenters. The normalized spacial score (nSPS) is 12.6. The van der Waals surface area contributed by atoms with Gasteiger partial charge in [-0.1, -0.05) is 6.07 Å². The van der Waals surface area contributed by atoms with Crippen molar-refractivity contribution in [2.75, 3.05) is 13.7 Å². The third-order valence-electron chi connectivity index (χ3n) is 1.86. The Morgan fingerprint density at radius 2 is 2.23 bits per heavy atom. The third-order valence-corrected chi connectivity index (χ3v) is 2.51. The van der Waals surface area contributed by atoms with Gasteiger partial charge in [0.1, 0.15) is 5.75 Å². The Balaban J connectivity index is 2.99. The number of ether oxygens (including phenoxy) is 1. The van der Waals surface area contributed by atoms with E-state index in [0.29, 0.717) is 6.54 Å². The van der Waals surface area contributed by atoms with Crippen molar-refractivity contribution in [3.05, 3.63) is 28.2 Å². The Morgan fingerprint density at radius 1 is 1.54 bits per heavy atom. The number of hydrogen-bond acceptors (Lipinski definition) is 3. The van der Waals surface area contributed by atoms with Crippen LogP contribution in [0.4, 0.5) is 0 Å².